The van der Waals surface area contributed by atoms with E-state index in [-0.39, 0.29) is 0 Å². The lowest BCUT2D eigenvalue weighted by Crippen LogP contribution is -2.03. The normalized spacial score (nSPS) is 11.1. The molecule has 0 bridgehead atoms. The maximum absolute atomic E-state index is 5.48. The molecule has 0 radical (unpaired) electrons. The van der Waals surface area contributed by atoms with Crippen LogP contribution >= 0.6 is 0 Å². The Hall–Kier alpha value is -0.970. The number of nitrogens with one attached hydrogen (secondary N) is 1. The Morgan fingerprint density at radius 2 is 2.13 bits per heavy atom. The van der Waals surface area contributed by atoms with Crippen molar-refractivity contribution in [2.75, 3.05) is 13.2 Å². The fraction of sp³-hybridized carbons (Fsp3) is 0.900. The first kappa shape index (κ1) is 12.1. The molecule has 0 atom stereocenters. The van der Waals surface area contributed by atoms with Gasteiger partial charge in [0.2, 0.25) is 0 Å². The minimum Gasteiger partial charge on any atom is -0.381 e. The number of ether oxygens (including phenoxy) is 1. The lowest BCUT2D eigenvalue weighted by atomic mass is 10.2. The van der Waals surface area contributed by atoms with Gasteiger partial charge in [-0.15, -0.1) is 5.10 Å². The number of aromatic amines is 1. The molecule has 1 aromatic heterocycles. The highest BCUT2D eigenvalue weighted by atomic mass is 16.5. The maximum atomic E-state index is 5.48. The van der Waals surface area contributed by atoms with Crippen molar-refractivity contribution in [1.29, 1.82) is 0 Å². The molecule has 1 aromatic rings. The molecular formula is C10H20N4O. The molecule has 1 heterocycles. The van der Waals surface area contributed by atoms with Gasteiger partial charge >= 0.3 is 0 Å². The van der Waals surface area contributed by atoms with Crippen molar-refractivity contribution in [2.24, 2.45) is 5.92 Å². The van der Waals surface area contributed by atoms with Gasteiger partial charge in [-0.25, -0.2) is 5.10 Å². The fourth-order valence-corrected chi connectivity index (χ4v) is 1.28. The second-order valence-electron chi connectivity index (χ2n) is 4.13. The van der Waals surface area contributed by atoms with Gasteiger partial charge in [0.15, 0.2) is 0 Å². The van der Waals surface area contributed by atoms with Crippen molar-refractivity contribution in [2.45, 2.75) is 39.5 Å². The van der Waals surface area contributed by atoms with Crippen LogP contribution < -0.4 is 0 Å². The summed E-state index contributed by atoms with van der Waals surface area (Å²) in [7, 11) is 0. The van der Waals surface area contributed by atoms with Gasteiger partial charge in [0.05, 0.1) is 0 Å². The Balaban J connectivity index is 1.85. The fourth-order valence-electron chi connectivity index (χ4n) is 1.28. The number of rotatable bonds is 8. The Kier molecular flexibility index (Phi) is 5.92. The second-order valence-corrected chi connectivity index (χ2v) is 4.13. The summed E-state index contributed by atoms with van der Waals surface area (Å²) in [6.07, 6.45) is 4.33. The number of nitrogens with zero attached hydrogens (tertiary/aromatic N) is 3. The Labute approximate surface area is 90.6 Å². The number of aryl methyl sites for hydroxylation is 1. The van der Waals surface area contributed by atoms with Crippen LogP contribution in [-0.4, -0.2) is 33.8 Å². The molecule has 0 fully saturated rings. The van der Waals surface area contributed by atoms with Crippen LogP contribution in [0.4, 0.5) is 0 Å². The van der Waals surface area contributed by atoms with Gasteiger partial charge < -0.3 is 4.74 Å². The number of H-pyrrole nitrogens is 1. The largest absolute Gasteiger partial charge is 0.381 e. The minimum absolute atomic E-state index is 0.630. The molecule has 0 spiro atoms. The monoisotopic (exact) mass is 212 g/mol. The van der Waals surface area contributed by atoms with Gasteiger partial charge in [-0.2, -0.15) is 0 Å². The molecule has 0 saturated carbocycles. The Morgan fingerprint density at radius 3 is 2.80 bits per heavy atom. The van der Waals surface area contributed by atoms with Gasteiger partial charge in [0.25, 0.3) is 0 Å². The van der Waals surface area contributed by atoms with E-state index in [0.29, 0.717) is 5.92 Å². The first-order valence-corrected chi connectivity index (χ1v) is 5.59. The first-order valence-electron chi connectivity index (χ1n) is 5.59. The summed E-state index contributed by atoms with van der Waals surface area (Å²) >= 11 is 0. The van der Waals surface area contributed by atoms with Crippen molar-refractivity contribution < 1.29 is 4.74 Å². The number of aromatic nitrogens is 4. The highest BCUT2D eigenvalue weighted by Gasteiger charge is 1.97. The molecule has 5 nitrogen and oxygen atoms in total. The summed E-state index contributed by atoms with van der Waals surface area (Å²) in [6.45, 7) is 6.06. The zero-order valence-electron chi connectivity index (χ0n) is 9.57. The summed E-state index contributed by atoms with van der Waals surface area (Å²) in [5.41, 5.74) is 0. The molecule has 0 aliphatic carbocycles. The Bertz CT molecular complexity index is 236. The predicted octanol–water partition coefficient (Wildman–Crippen LogP) is 1.59. The molecule has 0 unspecified atom stereocenters. The van der Waals surface area contributed by atoms with Crippen LogP contribution in [0.2, 0.25) is 0 Å². The second kappa shape index (κ2) is 7.34. The molecule has 0 amide bonds. The van der Waals surface area contributed by atoms with Crippen molar-refractivity contribution in [3.8, 4) is 0 Å². The number of tetrazole rings is 1. The van der Waals surface area contributed by atoms with Crippen LogP contribution in [0, 0.1) is 5.92 Å². The summed E-state index contributed by atoms with van der Waals surface area (Å²) in [4.78, 5) is 0. The molecule has 0 saturated heterocycles. The molecular weight excluding hydrogens is 192 g/mol. The predicted molar refractivity (Wildman–Crippen MR) is 57.4 cm³/mol. The molecule has 5 heteroatoms. The van der Waals surface area contributed by atoms with E-state index in [1.165, 1.54) is 6.42 Å². The molecule has 86 valence electrons. The number of hydrogen-bond donors (Lipinski definition) is 1. The summed E-state index contributed by atoms with van der Waals surface area (Å²) in [5.74, 6) is 1.50. The summed E-state index contributed by atoms with van der Waals surface area (Å²) in [5, 5.41) is 13.6. The topological polar surface area (TPSA) is 63.7 Å². The summed E-state index contributed by atoms with van der Waals surface area (Å²) < 4.78 is 5.48. The average Bonchev–Trinajstić information content (AvgIpc) is 2.68. The van der Waals surface area contributed by atoms with Crippen molar-refractivity contribution in [1.82, 2.24) is 20.6 Å². The van der Waals surface area contributed by atoms with E-state index in [0.717, 1.165) is 38.3 Å². The van der Waals surface area contributed by atoms with Crippen molar-refractivity contribution in [3.05, 3.63) is 5.82 Å². The van der Waals surface area contributed by atoms with E-state index in [2.05, 4.69) is 34.5 Å². The zero-order chi connectivity index (χ0) is 10.9. The van der Waals surface area contributed by atoms with Gasteiger partial charge in [-0.1, -0.05) is 20.3 Å². The highest BCUT2D eigenvalue weighted by Crippen LogP contribution is 2.01. The smallest absolute Gasteiger partial charge is 0.148 e. The highest BCUT2D eigenvalue weighted by molar-refractivity contribution is 4.74. The third-order valence-electron chi connectivity index (χ3n) is 2.04. The van der Waals surface area contributed by atoms with E-state index in [4.69, 9.17) is 4.74 Å². The van der Waals surface area contributed by atoms with E-state index in [1.54, 1.807) is 0 Å². The zero-order valence-corrected chi connectivity index (χ0v) is 9.57. The molecule has 15 heavy (non-hydrogen) atoms. The van der Waals surface area contributed by atoms with Gasteiger partial charge in [0, 0.05) is 19.6 Å². The minimum atomic E-state index is 0.630. The van der Waals surface area contributed by atoms with E-state index >= 15 is 0 Å². The lowest BCUT2D eigenvalue weighted by molar-refractivity contribution is 0.106. The number of unbranched alkanes of at least 4 members (excludes halogenated alkanes) is 2. The van der Waals surface area contributed by atoms with Crippen LogP contribution in [0.3, 0.4) is 0 Å². The van der Waals surface area contributed by atoms with Crippen molar-refractivity contribution in [3.63, 3.8) is 0 Å². The average molecular weight is 212 g/mol. The third-order valence-corrected chi connectivity index (χ3v) is 2.04. The summed E-state index contributed by atoms with van der Waals surface area (Å²) in [6, 6.07) is 0. The quantitative estimate of drug-likeness (QED) is 0.664. The van der Waals surface area contributed by atoms with E-state index in [9.17, 15) is 0 Å². The van der Waals surface area contributed by atoms with E-state index < -0.39 is 0 Å². The van der Waals surface area contributed by atoms with Crippen LogP contribution in [0.5, 0.6) is 0 Å². The molecule has 0 aliphatic rings. The van der Waals surface area contributed by atoms with E-state index in [1.807, 2.05) is 0 Å². The van der Waals surface area contributed by atoms with Crippen LogP contribution in [-0.2, 0) is 11.2 Å². The molecule has 1 rings (SSSR count). The van der Waals surface area contributed by atoms with Gasteiger partial charge in [-0.3, -0.25) is 0 Å². The van der Waals surface area contributed by atoms with Crippen LogP contribution in [0.1, 0.15) is 38.9 Å². The maximum Gasteiger partial charge on any atom is 0.148 e. The molecule has 1 N–H and O–H groups in total. The molecule has 0 aliphatic heterocycles. The van der Waals surface area contributed by atoms with Gasteiger partial charge in [0.1, 0.15) is 5.82 Å². The molecule has 0 aromatic carbocycles. The third kappa shape index (κ3) is 6.17. The SMILES string of the molecule is CC(C)COCCCCCc1nnn[nH]1. The first-order chi connectivity index (χ1) is 7.29. The lowest BCUT2D eigenvalue weighted by Gasteiger charge is -2.05. The standard InChI is InChI=1S/C10H20N4O/c1-9(2)8-15-7-5-3-4-6-10-11-13-14-12-10/h9H,3-8H2,1-2H3,(H,11,12,13,14). The Morgan fingerprint density at radius 1 is 1.27 bits per heavy atom. The van der Waals surface area contributed by atoms with Gasteiger partial charge in [-0.05, 0) is 29.2 Å². The van der Waals surface area contributed by atoms with Crippen LogP contribution in [0.25, 0.3) is 0 Å². The van der Waals surface area contributed by atoms with Crippen molar-refractivity contribution >= 4 is 0 Å². The van der Waals surface area contributed by atoms with Crippen LogP contribution in [0.15, 0.2) is 0 Å². The number of hydrogen-bond acceptors (Lipinski definition) is 4.